The van der Waals surface area contributed by atoms with Crippen molar-refractivity contribution in [3.8, 4) is 0 Å². The Kier molecular flexibility index (Phi) is 2.49. The van der Waals surface area contributed by atoms with Gasteiger partial charge in [-0.15, -0.1) is 0 Å². The van der Waals surface area contributed by atoms with Crippen molar-refractivity contribution in [3.63, 3.8) is 0 Å². The standard InChI is InChI=1S/C10H16N4O2S/c1-7-10(6-12-13-7)17(15,16)14-3-2-8-4-11-5-9(8)14/h6,8-9,11H,2-5H2,1H3,(H,12,13)/t8-,9+/m1/s1. The molecule has 2 N–H and O–H groups in total. The first-order chi connectivity index (χ1) is 8.10. The highest BCUT2D eigenvalue weighted by Gasteiger charge is 2.44. The summed E-state index contributed by atoms with van der Waals surface area (Å²) < 4.78 is 26.6. The van der Waals surface area contributed by atoms with Crippen molar-refractivity contribution < 1.29 is 8.42 Å². The monoisotopic (exact) mass is 256 g/mol. The third kappa shape index (κ3) is 1.61. The van der Waals surface area contributed by atoms with Crippen molar-refractivity contribution in [2.45, 2.75) is 24.3 Å². The Labute approximate surface area is 100 Å². The molecular formula is C10H16N4O2S. The molecule has 17 heavy (non-hydrogen) atoms. The summed E-state index contributed by atoms with van der Waals surface area (Å²) in [5.41, 5.74) is 0.611. The molecule has 2 atom stereocenters. The van der Waals surface area contributed by atoms with Crippen LogP contribution in [0.5, 0.6) is 0 Å². The van der Waals surface area contributed by atoms with Gasteiger partial charge >= 0.3 is 0 Å². The van der Waals surface area contributed by atoms with E-state index in [4.69, 9.17) is 0 Å². The lowest BCUT2D eigenvalue weighted by Gasteiger charge is -2.22. The molecule has 7 heteroatoms. The molecule has 0 radical (unpaired) electrons. The van der Waals surface area contributed by atoms with Gasteiger partial charge in [-0.25, -0.2) is 8.42 Å². The van der Waals surface area contributed by atoms with Crippen molar-refractivity contribution in [2.75, 3.05) is 19.6 Å². The van der Waals surface area contributed by atoms with Gasteiger partial charge in [0.15, 0.2) is 0 Å². The van der Waals surface area contributed by atoms with E-state index in [9.17, 15) is 8.42 Å². The van der Waals surface area contributed by atoms with Gasteiger partial charge in [-0.1, -0.05) is 0 Å². The summed E-state index contributed by atoms with van der Waals surface area (Å²) >= 11 is 0. The van der Waals surface area contributed by atoms with Crippen LogP contribution in [-0.4, -0.2) is 48.6 Å². The molecule has 0 aliphatic carbocycles. The highest BCUT2D eigenvalue weighted by Crippen LogP contribution is 2.32. The second-order valence-corrected chi connectivity index (χ2v) is 6.61. The van der Waals surface area contributed by atoms with Crippen LogP contribution in [0.25, 0.3) is 0 Å². The average molecular weight is 256 g/mol. The maximum atomic E-state index is 12.5. The number of rotatable bonds is 2. The first-order valence-electron chi connectivity index (χ1n) is 5.83. The minimum absolute atomic E-state index is 0.120. The van der Waals surface area contributed by atoms with Crippen LogP contribution in [0.2, 0.25) is 0 Å². The average Bonchev–Trinajstić information content (AvgIpc) is 2.89. The Morgan fingerprint density at radius 2 is 2.29 bits per heavy atom. The molecule has 0 saturated carbocycles. The van der Waals surface area contributed by atoms with E-state index in [1.807, 2.05) is 0 Å². The number of fused-ring (bicyclic) bond motifs is 1. The summed E-state index contributed by atoms with van der Waals surface area (Å²) in [6.45, 7) is 4.06. The zero-order valence-electron chi connectivity index (χ0n) is 9.68. The van der Waals surface area contributed by atoms with Crippen LogP contribution in [0.4, 0.5) is 0 Å². The molecule has 94 valence electrons. The summed E-state index contributed by atoms with van der Waals surface area (Å²) in [6, 6.07) is 0.120. The Balaban J connectivity index is 1.96. The highest BCUT2D eigenvalue weighted by molar-refractivity contribution is 7.89. The number of aromatic amines is 1. The fourth-order valence-electron chi connectivity index (χ4n) is 2.83. The molecule has 6 nitrogen and oxygen atoms in total. The summed E-state index contributed by atoms with van der Waals surface area (Å²) in [5, 5.41) is 9.74. The summed E-state index contributed by atoms with van der Waals surface area (Å²) in [6.07, 6.45) is 2.36. The normalized spacial score (nSPS) is 29.7. The number of hydrogen-bond acceptors (Lipinski definition) is 4. The largest absolute Gasteiger partial charge is 0.315 e. The van der Waals surface area contributed by atoms with Crippen LogP contribution in [0.15, 0.2) is 11.1 Å². The van der Waals surface area contributed by atoms with Crippen LogP contribution in [0.1, 0.15) is 12.1 Å². The van der Waals surface area contributed by atoms with Gasteiger partial charge in [0, 0.05) is 19.1 Å². The van der Waals surface area contributed by atoms with Crippen molar-refractivity contribution >= 4 is 10.0 Å². The summed E-state index contributed by atoms with van der Waals surface area (Å²) in [7, 11) is -3.38. The molecule has 2 aliphatic heterocycles. The van der Waals surface area contributed by atoms with E-state index in [0.717, 1.165) is 19.5 Å². The molecule has 2 saturated heterocycles. The second kappa shape index (κ2) is 3.79. The summed E-state index contributed by atoms with van der Waals surface area (Å²) in [4.78, 5) is 0.310. The van der Waals surface area contributed by atoms with E-state index in [2.05, 4.69) is 15.5 Å². The molecule has 1 aromatic rings. The molecule has 2 aliphatic rings. The zero-order valence-corrected chi connectivity index (χ0v) is 10.5. The molecular weight excluding hydrogens is 240 g/mol. The Morgan fingerprint density at radius 1 is 1.47 bits per heavy atom. The number of nitrogens with zero attached hydrogens (tertiary/aromatic N) is 2. The minimum Gasteiger partial charge on any atom is -0.315 e. The quantitative estimate of drug-likeness (QED) is 0.761. The van der Waals surface area contributed by atoms with Gasteiger partial charge in [0.25, 0.3) is 0 Å². The fourth-order valence-corrected chi connectivity index (χ4v) is 4.65. The predicted molar refractivity (Wildman–Crippen MR) is 62.0 cm³/mol. The SMILES string of the molecule is Cc1[nH]ncc1S(=O)(=O)N1CC[C@@H]2CNC[C@@H]21. The molecule has 0 amide bonds. The van der Waals surface area contributed by atoms with Crippen LogP contribution in [-0.2, 0) is 10.0 Å². The molecule has 0 aromatic carbocycles. The van der Waals surface area contributed by atoms with E-state index >= 15 is 0 Å². The van der Waals surface area contributed by atoms with E-state index < -0.39 is 10.0 Å². The molecule has 0 spiro atoms. The number of nitrogens with one attached hydrogen (secondary N) is 2. The van der Waals surface area contributed by atoms with Gasteiger partial charge < -0.3 is 5.32 Å². The molecule has 0 bridgehead atoms. The Morgan fingerprint density at radius 3 is 3.00 bits per heavy atom. The number of hydrogen-bond donors (Lipinski definition) is 2. The van der Waals surface area contributed by atoms with Crippen molar-refractivity contribution in [1.29, 1.82) is 0 Å². The van der Waals surface area contributed by atoms with Gasteiger partial charge in [0.05, 0.1) is 11.9 Å². The Hall–Kier alpha value is -0.920. The van der Waals surface area contributed by atoms with Gasteiger partial charge in [0.2, 0.25) is 10.0 Å². The van der Waals surface area contributed by atoms with Crippen LogP contribution in [0.3, 0.4) is 0 Å². The molecule has 3 heterocycles. The highest BCUT2D eigenvalue weighted by atomic mass is 32.2. The fraction of sp³-hybridized carbons (Fsp3) is 0.700. The lowest BCUT2D eigenvalue weighted by Crippen LogP contribution is -2.39. The molecule has 1 aromatic heterocycles. The predicted octanol–water partition coefficient (Wildman–Crippen LogP) is -0.299. The smallest absolute Gasteiger partial charge is 0.246 e. The van der Waals surface area contributed by atoms with Gasteiger partial charge in [-0.3, -0.25) is 5.10 Å². The Bertz CT molecular complexity index is 524. The second-order valence-electron chi connectivity index (χ2n) is 4.75. The van der Waals surface area contributed by atoms with E-state index in [-0.39, 0.29) is 6.04 Å². The van der Waals surface area contributed by atoms with Crippen molar-refractivity contribution in [2.24, 2.45) is 5.92 Å². The van der Waals surface area contributed by atoms with Crippen LogP contribution in [0, 0.1) is 12.8 Å². The maximum Gasteiger partial charge on any atom is 0.246 e. The minimum atomic E-state index is -3.38. The third-order valence-corrected chi connectivity index (χ3v) is 5.80. The first kappa shape index (κ1) is 11.2. The number of sulfonamides is 1. The van der Waals surface area contributed by atoms with Gasteiger partial charge in [0.1, 0.15) is 4.90 Å². The number of aryl methyl sites for hydroxylation is 1. The van der Waals surface area contributed by atoms with Gasteiger partial charge in [-0.2, -0.15) is 9.40 Å². The maximum absolute atomic E-state index is 12.5. The van der Waals surface area contributed by atoms with Crippen LogP contribution < -0.4 is 5.32 Å². The molecule has 3 rings (SSSR count). The van der Waals surface area contributed by atoms with Crippen molar-refractivity contribution in [1.82, 2.24) is 19.8 Å². The van der Waals surface area contributed by atoms with E-state index in [0.29, 0.717) is 23.1 Å². The summed E-state index contributed by atoms with van der Waals surface area (Å²) in [5.74, 6) is 0.469. The van der Waals surface area contributed by atoms with Gasteiger partial charge in [-0.05, 0) is 25.8 Å². The molecule has 0 unspecified atom stereocenters. The van der Waals surface area contributed by atoms with E-state index in [1.165, 1.54) is 6.20 Å². The number of H-pyrrole nitrogens is 1. The lowest BCUT2D eigenvalue weighted by molar-refractivity contribution is 0.382. The topological polar surface area (TPSA) is 78.1 Å². The third-order valence-electron chi connectivity index (χ3n) is 3.76. The van der Waals surface area contributed by atoms with Crippen LogP contribution >= 0.6 is 0 Å². The first-order valence-corrected chi connectivity index (χ1v) is 7.27. The molecule has 2 fully saturated rings. The number of aromatic nitrogens is 2. The van der Waals surface area contributed by atoms with Crippen molar-refractivity contribution in [3.05, 3.63) is 11.9 Å². The zero-order chi connectivity index (χ0) is 12.0. The lowest BCUT2D eigenvalue weighted by atomic mass is 10.1. The van der Waals surface area contributed by atoms with E-state index in [1.54, 1.807) is 11.2 Å².